The maximum absolute atomic E-state index is 11.3. The first kappa shape index (κ1) is 15.7. The smallest absolute Gasteiger partial charge is 0.331 e. The van der Waals surface area contributed by atoms with Gasteiger partial charge in [0.2, 0.25) is 0 Å². The Kier molecular flexibility index (Phi) is 7.89. The average Bonchev–Trinajstić information content (AvgIpc) is 2.92. The van der Waals surface area contributed by atoms with E-state index in [1.165, 1.54) is 0 Å². The summed E-state index contributed by atoms with van der Waals surface area (Å²) in [6, 6.07) is 0. The van der Waals surface area contributed by atoms with Crippen LogP contribution in [0.2, 0.25) is 0 Å². The Morgan fingerprint density at radius 3 is 2.58 bits per heavy atom. The molecular weight excluding hydrogens is 248 g/mol. The number of rotatable bonds is 8. The lowest BCUT2D eigenvalue weighted by Crippen LogP contribution is -2.16. The molecule has 0 saturated carbocycles. The number of carbonyl (C=O) groups is 2. The molecule has 0 aromatic rings. The van der Waals surface area contributed by atoms with E-state index in [0.29, 0.717) is 6.61 Å². The van der Waals surface area contributed by atoms with Gasteiger partial charge >= 0.3 is 11.9 Å². The van der Waals surface area contributed by atoms with Crippen LogP contribution >= 0.6 is 0 Å². The average molecular weight is 270 g/mol. The van der Waals surface area contributed by atoms with Crippen LogP contribution in [0, 0.1) is 0 Å². The van der Waals surface area contributed by atoms with Gasteiger partial charge in [-0.1, -0.05) is 19.8 Å². The van der Waals surface area contributed by atoms with Crippen LogP contribution in [0.4, 0.5) is 0 Å². The Morgan fingerprint density at radius 1 is 1.21 bits per heavy atom. The summed E-state index contributed by atoms with van der Waals surface area (Å²) in [5, 5.41) is 0. The van der Waals surface area contributed by atoms with Gasteiger partial charge < -0.3 is 14.2 Å². The summed E-state index contributed by atoms with van der Waals surface area (Å²) in [4.78, 5) is 22.5. The molecule has 1 atom stereocenters. The fourth-order valence-electron chi connectivity index (χ4n) is 1.71. The first-order chi connectivity index (χ1) is 9.22. The van der Waals surface area contributed by atoms with Crippen molar-refractivity contribution in [2.45, 2.75) is 45.1 Å². The molecule has 0 aromatic heterocycles. The number of esters is 2. The Hall–Kier alpha value is -1.36. The minimum atomic E-state index is -0.541. The molecule has 0 aromatic carbocycles. The van der Waals surface area contributed by atoms with Gasteiger partial charge in [0, 0.05) is 18.8 Å². The van der Waals surface area contributed by atoms with Crippen LogP contribution < -0.4 is 0 Å². The molecule has 1 unspecified atom stereocenters. The summed E-state index contributed by atoms with van der Waals surface area (Å²) in [6.07, 6.45) is 7.06. The van der Waals surface area contributed by atoms with E-state index < -0.39 is 11.9 Å². The Labute approximate surface area is 113 Å². The molecule has 1 aliphatic rings. The molecule has 0 radical (unpaired) electrons. The second kappa shape index (κ2) is 9.55. The summed E-state index contributed by atoms with van der Waals surface area (Å²) in [7, 11) is 0. The van der Waals surface area contributed by atoms with Crippen molar-refractivity contribution in [3.05, 3.63) is 12.2 Å². The van der Waals surface area contributed by atoms with Crippen molar-refractivity contribution in [2.75, 3.05) is 19.8 Å². The number of unbranched alkanes of at least 4 members (excludes halogenated alkanes) is 2. The molecule has 1 heterocycles. The van der Waals surface area contributed by atoms with E-state index in [1.807, 2.05) is 0 Å². The monoisotopic (exact) mass is 270 g/mol. The van der Waals surface area contributed by atoms with Crippen LogP contribution in [0.5, 0.6) is 0 Å². The Balaban J connectivity index is 2.08. The van der Waals surface area contributed by atoms with E-state index in [-0.39, 0.29) is 12.7 Å². The van der Waals surface area contributed by atoms with E-state index in [1.54, 1.807) is 0 Å². The molecule has 0 amide bonds. The number of ether oxygens (including phenoxy) is 3. The van der Waals surface area contributed by atoms with E-state index >= 15 is 0 Å². The normalized spacial score (nSPS) is 18.7. The molecule has 0 bridgehead atoms. The van der Waals surface area contributed by atoms with Crippen LogP contribution in [-0.4, -0.2) is 37.9 Å². The molecule has 108 valence electrons. The van der Waals surface area contributed by atoms with Crippen LogP contribution in [0.1, 0.15) is 39.0 Å². The van der Waals surface area contributed by atoms with Gasteiger partial charge in [-0.2, -0.15) is 0 Å². The standard InChI is InChI=1S/C14H22O5/c1-2-3-4-9-18-13(15)7-8-14(16)19-11-12-6-5-10-17-12/h7-8,12H,2-6,9-11H2,1H3/b8-7+. The lowest BCUT2D eigenvalue weighted by atomic mass is 10.2. The fourth-order valence-corrected chi connectivity index (χ4v) is 1.71. The third kappa shape index (κ3) is 7.62. The topological polar surface area (TPSA) is 61.8 Å². The van der Waals surface area contributed by atoms with Gasteiger partial charge in [0.1, 0.15) is 6.61 Å². The highest BCUT2D eigenvalue weighted by atomic mass is 16.6. The SMILES string of the molecule is CCCCCOC(=O)/C=C/C(=O)OCC1CCCO1. The molecule has 1 saturated heterocycles. The highest BCUT2D eigenvalue weighted by Gasteiger charge is 2.16. The molecular formula is C14H22O5. The zero-order valence-corrected chi connectivity index (χ0v) is 11.4. The summed E-state index contributed by atoms with van der Waals surface area (Å²) >= 11 is 0. The summed E-state index contributed by atoms with van der Waals surface area (Å²) in [5.74, 6) is -1.05. The quantitative estimate of drug-likeness (QED) is 0.383. The summed E-state index contributed by atoms with van der Waals surface area (Å²) < 4.78 is 15.2. The van der Waals surface area contributed by atoms with Gasteiger partial charge in [-0.25, -0.2) is 9.59 Å². The van der Waals surface area contributed by atoms with Crippen molar-refractivity contribution in [3.8, 4) is 0 Å². The maximum atomic E-state index is 11.3. The van der Waals surface area contributed by atoms with Crippen molar-refractivity contribution >= 4 is 11.9 Å². The zero-order valence-electron chi connectivity index (χ0n) is 11.4. The minimum Gasteiger partial charge on any atom is -0.463 e. The molecule has 1 aliphatic heterocycles. The molecule has 5 nitrogen and oxygen atoms in total. The molecule has 0 aliphatic carbocycles. The molecule has 0 N–H and O–H groups in total. The molecule has 1 rings (SSSR count). The predicted molar refractivity (Wildman–Crippen MR) is 69.6 cm³/mol. The van der Waals surface area contributed by atoms with Crippen LogP contribution in [0.15, 0.2) is 12.2 Å². The lowest BCUT2D eigenvalue weighted by Gasteiger charge is -2.08. The van der Waals surface area contributed by atoms with Crippen molar-refractivity contribution in [3.63, 3.8) is 0 Å². The van der Waals surface area contributed by atoms with Gasteiger partial charge in [0.05, 0.1) is 12.7 Å². The number of carbonyl (C=O) groups excluding carboxylic acids is 2. The third-order valence-corrected chi connectivity index (χ3v) is 2.78. The van der Waals surface area contributed by atoms with Crippen molar-refractivity contribution in [1.82, 2.24) is 0 Å². The lowest BCUT2D eigenvalue weighted by molar-refractivity contribution is -0.142. The van der Waals surface area contributed by atoms with Gasteiger partial charge in [-0.3, -0.25) is 0 Å². The van der Waals surface area contributed by atoms with Crippen molar-refractivity contribution in [1.29, 1.82) is 0 Å². The Morgan fingerprint density at radius 2 is 1.95 bits per heavy atom. The number of hydrogen-bond donors (Lipinski definition) is 0. The van der Waals surface area contributed by atoms with E-state index in [9.17, 15) is 9.59 Å². The molecule has 1 fully saturated rings. The minimum absolute atomic E-state index is 0.00153. The van der Waals surface area contributed by atoms with Gasteiger partial charge in [0.25, 0.3) is 0 Å². The van der Waals surface area contributed by atoms with Crippen molar-refractivity contribution < 1.29 is 23.8 Å². The van der Waals surface area contributed by atoms with E-state index in [4.69, 9.17) is 14.2 Å². The first-order valence-corrected chi connectivity index (χ1v) is 6.85. The zero-order chi connectivity index (χ0) is 13.9. The molecule has 0 spiro atoms. The van der Waals surface area contributed by atoms with Crippen molar-refractivity contribution in [2.24, 2.45) is 0 Å². The highest BCUT2D eigenvalue weighted by Crippen LogP contribution is 2.11. The third-order valence-electron chi connectivity index (χ3n) is 2.78. The van der Waals surface area contributed by atoms with Crippen LogP contribution in [0.3, 0.4) is 0 Å². The van der Waals surface area contributed by atoms with Gasteiger partial charge in [0.15, 0.2) is 0 Å². The van der Waals surface area contributed by atoms with Gasteiger partial charge in [-0.05, 0) is 19.3 Å². The fraction of sp³-hybridized carbons (Fsp3) is 0.714. The largest absolute Gasteiger partial charge is 0.463 e. The molecule has 5 heteroatoms. The van der Waals surface area contributed by atoms with Gasteiger partial charge in [-0.15, -0.1) is 0 Å². The summed E-state index contributed by atoms with van der Waals surface area (Å²) in [5.41, 5.74) is 0. The Bertz CT molecular complexity index is 305. The maximum Gasteiger partial charge on any atom is 0.331 e. The first-order valence-electron chi connectivity index (χ1n) is 6.85. The van der Waals surface area contributed by atoms with Crippen LogP contribution in [0.25, 0.3) is 0 Å². The second-order valence-electron chi connectivity index (χ2n) is 4.47. The molecule has 19 heavy (non-hydrogen) atoms. The predicted octanol–water partition coefficient (Wildman–Crippen LogP) is 2.00. The van der Waals surface area contributed by atoms with E-state index in [2.05, 4.69) is 6.92 Å². The van der Waals surface area contributed by atoms with E-state index in [0.717, 1.165) is 50.9 Å². The second-order valence-corrected chi connectivity index (χ2v) is 4.47. The number of hydrogen-bond acceptors (Lipinski definition) is 5. The summed E-state index contributed by atoms with van der Waals surface area (Å²) in [6.45, 7) is 3.44. The highest BCUT2D eigenvalue weighted by molar-refractivity contribution is 5.91. The van der Waals surface area contributed by atoms with Crippen LogP contribution in [-0.2, 0) is 23.8 Å².